The topological polar surface area (TPSA) is 22.1 Å². The molecule has 1 aliphatic heterocycles. The average molecular weight is 390 g/mol. The zero-order chi connectivity index (χ0) is 15.2. The molecule has 0 radical (unpaired) electrons. The maximum Gasteiger partial charge on any atom is 0.0534 e. The van der Waals surface area contributed by atoms with E-state index in [2.05, 4.69) is 75.3 Å². The third kappa shape index (κ3) is 5.63. The van der Waals surface area contributed by atoms with Crippen LogP contribution in [0.25, 0.3) is 0 Å². The monoisotopic (exact) mass is 390 g/mol. The van der Waals surface area contributed by atoms with Gasteiger partial charge in [-0.15, -0.1) is 0 Å². The Morgan fingerprint density at radius 1 is 1.35 bits per heavy atom. The first-order valence-corrected chi connectivity index (χ1v) is 7.95. The fraction of sp³-hybridized carbons (Fsp3) is 0.667. The molecule has 4 nitrogen and oxygen atoms in total. The van der Waals surface area contributed by atoms with E-state index >= 15 is 0 Å². The van der Waals surface area contributed by atoms with Crippen LogP contribution in [0.15, 0.2) is 29.9 Å². The molecule has 0 N–H and O–H groups in total. The fourth-order valence-electron chi connectivity index (χ4n) is 2.53. The lowest BCUT2D eigenvalue weighted by atomic mass is 10.0. The van der Waals surface area contributed by atoms with E-state index in [1.165, 1.54) is 0 Å². The summed E-state index contributed by atoms with van der Waals surface area (Å²) in [4.78, 5) is 9.26. The molecule has 1 saturated heterocycles. The van der Waals surface area contributed by atoms with E-state index in [1.54, 1.807) is 12.3 Å². The van der Waals surface area contributed by atoms with E-state index in [0.29, 0.717) is 0 Å². The summed E-state index contributed by atoms with van der Waals surface area (Å²) in [5.74, 6) is 0. The average Bonchev–Trinajstić information content (AvgIpc) is 2.49. The molecule has 1 fully saturated rings. The van der Waals surface area contributed by atoms with Crippen molar-refractivity contribution in [3.63, 3.8) is 0 Å². The minimum absolute atomic E-state index is 0.138. The number of allylic oxidation sites excluding steroid dienone is 2. The maximum atomic E-state index is 4.43. The molecule has 0 aliphatic carbocycles. The summed E-state index contributed by atoms with van der Waals surface area (Å²) in [7, 11) is 4.41. The molecule has 114 valence electrons. The number of rotatable bonds is 5. The van der Waals surface area contributed by atoms with Crippen LogP contribution >= 0.6 is 22.9 Å². The van der Waals surface area contributed by atoms with Gasteiger partial charge in [0.1, 0.15) is 0 Å². The number of hydrogen-bond donors (Lipinski definition) is 0. The third-order valence-corrected chi connectivity index (χ3v) is 5.06. The molecular weight excluding hydrogens is 363 g/mol. The standard InChI is InChI=1S/C15H27IN4/c1-6-7-8-17-14(2)11-20(16)15(3)12-18(4)9-10-19(5)13-15/h6-8H,1,9-13H2,2-5H3/b8-7-,17-14?. The highest BCUT2D eigenvalue weighted by Crippen LogP contribution is 2.24. The van der Waals surface area contributed by atoms with Crippen molar-refractivity contribution >= 4 is 28.6 Å². The number of halogens is 1. The van der Waals surface area contributed by atoms with Crippen molar-refractivity contribution in [1.82, 2.24) is 12.9 Å². The zero-order valence-electron chi connectivity index (χ0n) is 13.1. The van der Waals surface area contributed by atoms with Crippen LogP contribution in [0.1, 0.15) is 13.8 Å². The minimum Gasteiger partial charge on any atom is -0.303 e. The van der Waals surface area contributed by atoms with Crippen molar-refractivity contribution in [3.8, 4) is 0 Å². The third-order valence-electron chi connectivity index (χ3n) is 3.56. The molecule has 0 bridgehead atoms. The van der Waals surface area contributed by atoms with E-state index < -0.39 is 0 Å². The van der Waals surface area contributed by atoms with Gasteiger partial charge in [-0.05, 0) is 34.0 Å². The van der Waals surface area contributed by atoms with E-state index in [0.717, 1.165) is 38.4 Å². The predicted octanol–water partition coefficient (Wildman–Crippen LogP) is 2.43. The van der Waals surface area contributed by atoms with Crippen LogP contribution in [0.2, 0.25) is 0 Å². The molecule has 1 heterocycles. The molecule has 20 heavy (non-hydrogen) atoms. The summed E-state index contributed by atoms with van der Waals surface area (Å²) >= 11 is 2.45. The Bertz CT molecular complexity index is 366. The van der Waals surface area contributed by atoms with Gasteiger partial charge in [-0.2, -0.15) is 0 Å². The summed E-state index contributed by atoms with van der Waals surface area (Å²) in [5.41, 5.74) is 1.26. The lowest BCUT2D eigenvalue weighted by molar-refractivity contribution is 0.176. The Balaban J connectivity index is 2.72. The van der Waals surface area contributed by atoms with Crippen LogP contribution in [0, 0.1) is 0 Å². The van der Waals surface area contributed by atoms with Gasteiger partial charge in [0, 0.05) is 67.5 Å². The van der Waals surface area contributed by atoms with Crippen LogP contribution < -0.4 is 0 Å². The number of hydrogen-bond acceptors (Lipinski definition) is 4. The molecule has 0 spiro atoms. The van der Waals surface area contributed by atoms with Crippen LogP contribution in [-0.2, 0) is 0 Å². The van der Waals surface area contributed by atoms with Crippen molar-refractivity contribution in [2.24, 2.45) is 4.99 Å². The molecule has 5 heteroatoms. The van der Waals surface area contributed by atoms with E-state index in [1.807, 2.05) is 6.08 Å². The smallest absolute Gasteiger partial charge is 0.0534 e. The normalized spacial score (nSPS) is 22.4. The fourth-order valence-corrected chi connectivity index (χ4v) is 3.33. The van der Waals surface area contributed by atoms with Crippen molar-refractivity contribution < 1.29 is 0 Å². The molecule has 0 atom stereocenters. The highest BCUT2D eigenvalue weighted by Gasteiger charge is 2.35. The van der Waals surface area contributed by atoms with Crippen molar-refractivity contribution in [1.29, 1.82) is 0 Å². The van der Waals surface area contributed by atoms with Crippen molar-refractivity contribution in [3.05, 3.63) is 24.9 Å². The van der Waals surface area contributed by atoms with Gasteiger partial charge in [0.05, 0.1) is 5.54 Å². The van der Waals surface area contributed by atoms with Gasteiger partial charge in [-0.3, -0.25) is 4.99 Å². The van der Waals surface area contributed by atoms with Gasteiger partial charge in [0.2, 0.25) is 0 Å². The van der Waals surface area contributed by atoms with Gasteiger partial charge in [0.25, 0.3) is 0 Å². The Kier molecular flexibility index (Phi) is 7.36. The second-order valence-corrected chi connectivity index (χ2v) is 7.10. The van der Waals surface area contributed by atoms with Crippen LogP contribution in [0.5, 0.6) is 0 Å². The van der Waals surface area contributed by atoms with Crippen molar-refractivity contribution in [2.45, 2.75) is 19.4 Å². The summed E-state index contributed by atoms with van der Waals surface area (Å²) < 4.78 is 2.39. The molecule has 0 aromatic heterocycles. The minimum atomic E-state index is 0.138. The van der Waals surface area contributed by atoms with Crippen molar-refractivity contribution in [2.75, 3.05) is 46.8 Å². The van der Waals surface area contributed by atoms with Crippen LogP contribution in [-0.4, -0.2) is 71.0 Å². The van der Waals surface area contributed by atoms with Gasteiger partial charge in [-0.25, -0.2) is 3.11 Å². The molecule has 1 aliphatic rings. The van der Waals surface area contributed by atoms with E-state index in [-0.39, 0.29) is 5.54 Å². The first-order valence-electron chi connectivity index (χ1n) is 6.99. The molecule has 0 amide bonds. The summed E-state index contributed by atoms with van der Waals surface area (Å²) in [6.45, 7) is 13.4. The highest BCUT2D eigenvalue weighted by molar-refractivity contribution is 14.1. The summed E-state index contributed by atoms with van der Waals surface area (Å²) in [5, 5.41) is 0. The van der Waals surface area contributed by atoms with Gasteiger partial charge in [-0.1, -0.05) is 12.7 Å². The van der Waals surface area contributed by atoms with Gasteiger partial charge in [0.15, 0.2) is 0 Å². The molecule has 1 rings (SSSR count). The van der Waals surface area contributed by atoms with Gasteiger partial charge >= 0.3 is 0 Å². The Hall–Kier alpha value is -0.240. The first-order chi connectivity index (χ1) is 9.37. The number of aliphatic imine (C=N–C) groups is 1. The molecular formula is C15H27IN4. The molecule has 0 aromatic carbocycles. The summed E-state index contributed by atoms with van der Waals surface area (Å²) in [6, 6.07) is 0. The molecule has 0 aromatic rings. The predicted molar refractivity (Wildman–Crippen MR) is 96.6 cm³/mol. The lowest BCUT2D eigenvalue weighted by Gasteiger charge is -2.39. The summed E-state index contributed by atoms with van der Waals surface area (Å²) in [6.07, 6.45) is 5.41. The lowest BCUT2D eigenvalue weighted by Crippen LogP contribution is -2.53. The molecule has 0 unspecified atom stereocenters. The van der Waals surface area contributed by atoms with Crippen LogP contribution in [0.4, 0.5) is 0 Å². The quantitative estimate of drug-likeness (QED) is 0.312. The highest BCUT2D eigenvalue weighted by atomic mass is 127. The van der Waals surface area contributed by atoms with Crippen LogP contribution in [0.3, 0.4) is 0 Å². The number of likely N-dealkylation sites (N-methyl/N-ethyl adjacent to an activating group) is 2. The van der Waals surface area contributed by atoms with E-state index in [9.17, 15) is 0 Å². The second kappa shape index (κ2) is 8.26. The first kappa shape index (κ1) is 17.8. The Morgan fingerprint density at radius 2 is 1.90 bits per heavy atom. The maximum absolute atomic E-state index is 4.43. The largest absolute Gasteiger partial charge is 0.303 e. The Labute approximate surface area is 137 Å². The zero-order valence-corrected chi connectivity index (χ0v) is 15.3. The molecule has 0 saturated carbocycles. The van der Waals surface area contributed by atoms with E-state index in [4.69, 9.17) is 0 Å². The Morgan fingerprint density at radius 3 is 2.40 bits per heavy atom. The number of nitrogens with zero attached hydrogens (tertiary/aromatic N) is 4. The SMILES string of the molecule is C=C/C=C\N=C(C)CN(I)C1(C)CN(C)CCN(C)C1. The van der Waals surface area contributed by atoms with Gasteiger partial charge < -0.3 is 9.80 Å². The second-order valence-electron chi connectivity index (χ2n) is 5.93.